The number of carbonyl (C=O) groups excluding carboxylic acids is 1. The summed E-state index contributed by atoms with van der Waals surface area (Å²) in [7, 11) is -3.79. The van der Waals surface area contributed by atoms with Gasteiger partial charge >= 0.3 is 0 Å². The lowest BCUT2D eigenvalue weighted by molar-refractivity contribution is -0.129. The Morgan fingerprint density at radius 2 is 1.82 bits per heavy atom. The van der Waals surface area contributed by atoms with Gasteiger partial charge in [0.25, 0.3) is 0 Å². The summed E-state index contributed by atoms with van der Waals surface area (Å²) in [6.45, 7) is 5.75. The van der Waals surface area contributed by atoms with Crippen molar-refractivity contribution in [2.75, 3.05) is 31.1 Å². The molecule has 2 fully saturated rings. The van der Waals surface area contributed by atoms with E-state index in [-0.39, 0.29) is 18.5 Å². The maximum atomic E-state index is 15.1. The van der Waals surface area contributed by atoms with Gasteiger partial charge in [-0.1, -0.05) is 24.3 Å². The lowest BCUT2D eigenvalue weighted by atomic mass is 10.00. The van der Waals surface area contributed by atoms with E-state index in [2.05, 4.69) is 6.07 Å². The highest BCUT2D eigenvalue weighted by atomic mass is 32.2. The van der Waals surface area contributed by atoms with Crippen LogP contribution in [0.1, 0.15) is 48.6 Å². The van der Waals surface area contributed by atoms with Gasteiger partial charge in [0.1, 0.15) is 11.1 Å². The van der Waals surface area contributed by atoms with Crippen LogP contribution in [-0.4, -0.2) is 55.8 Å². The summed E-state index contributed by atoms with van der Waals surface area (Å²) in [5, 5.41) is 8.63. The zero-order valence-corrected chi connectivity index (χ0v) is 20.3. The molecule has 4 rings (SSSR count). The van der Waals surface area contributed by atoms with Crippen LogP contribution in [0, 0.1) is 17.1 Å². The van der Waals surface area contributed by atoms with Crippen molar-refractivity contribution in [2.24, 2.45) is 0 Å². The van der Waals surface area contributed by atoms with Crippen LogP contribution in [0.3, 0.4) is 0 Å². The fourth-order valence-electron chi connectivity index (χ4n) is 4.85. The van der Waals surface area contributed by atoms with Crippen molar-refractivity contribution >= 4 is 21.6 Å². The number of carbonyl (C=O) groups is 1. The number of rotatable bonds is 4. The average molecular weight is 485 g/mol. The topological polar surface area (TPSA) is 84.7 Å². The highest BCUT2D eigenvalue weighted by molar-refractivity contribution is 7.89. The second kappa shape index (κ2) is 9.72. The van der Waals surface area contributed by atoms with Gasteiger partial charge in [-0.3, -0.25) is 4.79 Å². The highest BCUT2D eigenvalue weighted by Gasteiger charge is 2.41. The molecule has 0 spiro atoms. The van der Waals surface area contributed by atoms with Crippen LogP contribution in [0.2, 0.25) is 0 Å². The molecule has 2 saturated heterocycles. The van der Waals surface area contributed by atoms with Crippen LogP contribution in [0.25, 0.3) is 0 Å². The molecule has 0 aliphatic carbocycles. The predicted octanol–water partition coefficient (Wildman–Crippen LogP) is 3.42. The predicted molar refractivity (Wildman–Crippen MR) is 128 cm³/mol. The monoisotopic (exact) mass is 484 g/mol. The van der Waals surface area contributed by atoms with E-state index >= 15 is 4.39 Å². The second-order valence-corrected chi connectivity index (χ2v) is 11.0. The molecule has 0 bridgehead atoms. The molecular formula is C25H29FN4O3S. The van der Waals surface area contributed by atoms with Gasteiger partial charge in [0.15, 0.2) is 0 Å². The zero-order chi connectivity index (χ0) is 24.5. The first-order chi connectivity index (χ1) is 16.2. The number of benzene rings is 2. The van der Waals surface area contributed by atoms with E-state index in [1.54, 1.807) is 42.2 Å². The number of hydrogen-bond acceptors (Lipinski definition) is 5. The largest absolute Gasteiger partial charge is 0.368 e. The molecule has 9 heteroatoms. The summed E-state index contributed by atoms with van der Waals surface area (Å²) >= 11 is 0. The number of piperazine rings is 1. The number of anilines is 1. The van der Waals surface area contributed by atoms with Gasteiger partial charge in [-0.05, 0) is 43.5 Å². The summed E-state index contributed by atoms with van der Waals surface area (Å²) in [6, 6.07) is 13.5. The van der Waals surface area contributed by atoms with E-state index in [1.165, 1.54) is 10.4 Å². The third kappa shape index (κ3) is 4.65. The van der Waals surface area contributed by atoms with E-state index < -0.39 is 21.1 Å². The van der Waals surface area contributed by atoms with Crippen molar-refractivity contribution < 1.29 is 17.6 Å². The molecule has 0 N–H and O–H groups in total. The van der Waals surface area contributed by atoms with E-state index in [9.17, 15) is 18.5 Å². The van der Waals surface area contributed by atoms with E-state index in [0.717, 1.165) is 5.69 Å². The molecule has 1 amide bonds. The number of nitriles is 1. The molecule has 0 saturated carbocycles. The first kappa shape index (κ1) is 24.2. The molecule has 2 aromatic rings. The van der Waals surface area contributed by atoms with Crippen molar-refractivity contribution in [3.63, 3.8) is 0 Å². The second-order valence-electron chi connectivity index (χ2n) is 8.97. The summed E-state index contributed by atoms with van der Waals surface area (Å²) in [5.74, 6) is -0.415. The van der Waals surface area contributed by atoms with Crippen LogP contribution in [0.4, 0.5) is 10.1 Å². The number of sulfonamides is 1. The number of halogens is 1. The Bertz CT molecular complexity index is 1220. The van der Waals surface area contributed by atoms with E-state index in [4.69, 9.17) is 0 Å². The van der Waals surface area contributed by atoms with Gasteiger partial charge in [0.05, 0.1) is 11.6 Å². The van der Waals surface area contributed by atoms with Crippen LogP contribution in [0.15, 0.2) is 42.5 Å². The Labute approximate surface area is 200 Å². The van der Waals surface area contributed by atoms with Crippen LogP contribution < -0.4 is 4.90 Å². The van der Waals surface area contributed by atoms with Crippen molar-refractivity contribution in [1.29, 1.82) is 5.26 Å². The van der Waals surface area contributed by atoms with Crippen molar-refractivity contribution in [1.82, 2.24) is 9.21 Å². The minimum atomic E-state index is -3.79. The molecule has 2 aliphatic heterocycles. The molecule has 0 radical (unpaired) electrons. The summed E-state index contributed by atoms with van der Waals surface area (Å²) in [4.78, 5) is 15.3. The van der Waals surface area contributed by atoms with Gasteiger partial charge in [-0.25, -0.2) is 12.8 Å². The van der Waals surface area contributed by atoms with Crippen molar-refractivity contribution in [2.45, 2.75) is 44.5 Å². The lowest BCUT2D eigenvalue weighted by Crippen LogP contribution is -2.48. The average Bonchev–Trinajstić information content (AvgIpc) is 2.82. The van der Waals surface area contributed by atoms with Gasteiger partial charge in [-0.2, -0.15) is 9.57 Å². The molecule has 2 aliphatic rings. The third-order valence-corrected chi connectivity index (χ3v) is 9.26. The Hall–Kier alpha value is -2.96. The minimum absolute atomic E-state index is 0.0359. The number of hydrogen-bond donors (Lipinski definition) is 0. The molecule has 2 heterocycles. The Balaban J connectivity index is 1.54. The third-order valence-electron chi connectivity index (χ3n) is 6.91. The summed E-state index contributed by atoms with van der Waals surface area (Å²) in [5.41, 5.74) is 1.89. The summed E-state index contributed by atoms with van der Waals surface area (Å²) < 4.78 is 43.6. The fraction of sp³-hybridized carbons (Fsp3) is 0.440. The molecular weight excluding hydrogens is 455 g/mol. The smallest absolute Gasteiger partial charge is 0.221 e. The maximum Gasteiger partial charge on any atom is 0.221 e. The minimum Gasteiger partial charge on any atom is -0.368 e. The Morgan fingerprint density at radius 1 is 1.12 bits per heavy atom. The quantitative estimate of drug-likeness (QED) is 0.664. The Kier molecular flexibility index (Phi) is 6.91. The highest BCUT2D eigenvalue weighted by Crippen LogP contribution is 2.39. The molecule has 2 aromatic carbocycles. The maximum absolute atomic E-state index is 15.1. The van der Waals surface area contributed by atoms with Crippen molar-refractivity contribution in [3.8, 4) is 6.07 Å². The standard InChI is InChI=1S/C25H29FN4O3S/c1-18-7-10-25(23-6-4-3-5-20(23)16-27)34(32,33)30(18)17-21-8-9-22(15-24(21)26)29-13-11-28(12-14-29)19(2)31/h3-6,8-9,15,18,25H,7,10-14,17H2,1-2H3/t18-,25+/m0/s1. The lowest BCUT2D eigenvalue weighted by Gasteiger charge is -2.38. The van der Waals surface area contributed by atoms with Gasteiger partial charge in [0.2, 0.25) is 15.9 Å². The number of nitrogens with zero attached hydrogens (tertiary/aromatic N) is 4. The van der Waals surface area contributed by atoms with E-state index in [1.807, 2.05) is 17.9 Å². The van der Waals surface area contributed by atoms with Gasteiger partial charge in [0, 0.05) is 56.9 Å². The van der Waals surface area contributed by atoms with Gasteiger partial charge in [-0.15, -0.1) is 0 Å². The van der Waals surface area contributed by atoms with Crippen molar-refractivity contribution in [3.05, 3.63) is 65.0 Å². The van der Waals surface area contributed by atoms with Crippen LogP contribution in [0.5, 0.6) is 0 Å². The fourth-order valence-corrected chi connectivity index (χ4v) is 7.06. The van der Waals surface area contributed by atoms with Crippen LogP contribution >= 0.6 is 0 Å². The zero-order valence-electron chi connectivity index (χ0n) is 19.4. The normalized spacial score (nSPS) is 22.9. The molecule has 0 unspecified atom stereocenters. The first-order valence-corrected chi connectivity index (χ1v) is 13.0. The first-order valence-electron chi connectivity index (χ1n) is 11.5. The SMILES string of the molecule is CC(=O)N1CCN(c2ccc(CN3[C@@H](C)CC[C@H](c4ccccc4C#N)S3(=O)=O)c(F)c2)CC1. The number of amides is 1. The Morgan fingerprint density at radius 3 is 2.47 bits per heavy atom. The van der Waals surface area contributed by atoms with Crippen LogP contribution in [-0.2, 0) is 21.4 Å². The van der Waals surface area contributed by atoms with Gasteiger partial charge < -0.3 is 9.80 Å². The molecule has 2 atom stereocenters. The molecule has 0 aromatic heterocycles. The summed E-state index contributed by atoms with van der Waals surface area (Å²) in [6.07, 6.45) is 1.05. The van der Waals surface area contributed by atoms with E-state index in [0.29, 0.717) is 55.7 Å². The molecule has 7 nitrogen and oxygen atoms in total. The molecule has 180 valence electrons. The molecule has 34 heavy (non-hydrogen) atoms.